The van der Waals surface area contributed by atoms with E-state index in [1.807, 2.05) is 6.08 Å². The van der Waals surface area contributed by atoms with Crippen LogP contribution in [0.1, 0.15) is 310 Å². The van der Waals surface area contributed by atoms with Crippen LogP contribution in [0.5, 0.6) is 0 Å². The van der Waals surface area contributed by atoms with E-state index in [0.29, 0.717) is 19.3 Å². The van der Waals surface area contributed by atoms with Crippen molar-refractivity contribution in [3.8, 4) is 0 Å². The Kier molecular flexibility index (Phi) is 63.8. The van der Waals surface area contributed by atoms with Crippen molar-refractivity contribution in [2.24, 2.45) is 0 Å². The number of hydrogen-bond donors (Lipinski definition) is 0. The van der Waals surface area contributed by atoms with E-state index in [4.69, 9.17) is 14.2 Å². The second kappa shape index (κ2) is 67.3. The van der Waals surface area contributed by atoms with Gasteiger partial charge in [-0.25, -0.2) is 0 Å². The molecule has 6 heteroatoms. The topological polar surface area (TPSA) is 78.9 Å². The molecule has 0 fully saturated rings. The molecule has 0 aliphatic heterocycles. The third-order valence-electron chi connectivity index (χ3n) is 14.2. The van der Waals surface area contributed by atoms with Crippen molar-refractivity contribution in [3.05, 3.63) is 122 Å². The van der Waals surface area contributed by atoms with E-state index in [0.717, 1.165) is 116 Å². The van der Waals surface area contributed by atoms with Crippen molar-refractivity contribution in [1.82, 2.24) is 0 Å². The van der Waals surface area contributed by atoms with Crippen LogP contribution in [0.4, 0.5) is 0 Å². The Hall–Kier alpha value is -4.19. The van der Waals surface area contributed by atoms with Crippen molar-refractivity contribution < 1.29 is 28.6 Å². The van der Waals surface area contributed by atoms with Crippen LogP contribution in [-0.2, 0) is 28.6 Å². The highest BCUT2D eigenvalue weighted by Crippen LogP contribution is 2.17. The van der Waals surface area contributed by atoms with Gasteiger partial charge in [-0.05, 0) is 116 Å². The largest absolute Gasteiger partial charge is 0.462 e. The Morgan fingerprint density at radius 1 is 0.263 bits per heavy atom. The number of unbranched alkanes of at least 4 members (excludes halogenated alkanes) is 29. The molecule has 0 N–H and O–H groups in total. The summed E-state index contributed by atoms with van der Waals surface area (Å²) >= 11 is 0. The molecule has 1 atom stereocenters. The second-order valence-corrected chi connectivity index (χ2v) is 22.0. The predicted molar refractivity (Wildman–Crippen MR) is 348 cm³/mol. The van der Waals surface area contributed by atoms with Gasteiger partial charge in [0.2, 0.25) is 0 Å². The molecule has 80 heavy (non-hydrogen) atoms. The SMILES string of the molecule is CC/C=C\C/C=C\C/C=C\C/C=C\CCCCCCCCCCCCCCCCCCCCCCC(=O)OCC(COC(=O)CC/C=C\C/C=C\C/C=C\C/C=C\CC)OC(=O)CCCCCCC/C=C\C/C=C\CCCCCC. The lowest BCUT2D eigenvalue weighted by atomic mass is 10.0. The lowest BCUT2D eigenvalue weighted by Gasteiger charge is -2.18. The fourth-order valence-corrected chi connectivity index (χ4v) is 9.24. The molecule has 0 rings (SSSR count). The van der Waals surface area contributed by atoms with Gasteiger partial charge in [0.15, 0.2) is 6.10 Å². The average molecular weight is 1110 g/mol. The smallest absolute Gasteiger partial charge is 0.306 e. The Labute approximate surface area is 494 Å². The molecule has 456 valence electrons. The summed E-state index contributed by atoms with van der Waals surface area (Å²) in [5, 5.41) is 0. The Morgan fingerprint density at radius 2 is 0.512 bits per heavy atom. The van der Waals surface area contributed by atoms with Gasteiger partial charge < -0.3 is 14.2 Å². The Bertz CT molecular complexity index is 1650. The van der Waals surface area contributed by atoms with E-state index in [-0.39, 0.29) is 37.5 Å². The molecule has 1 unspecified atom stereocenters. The number of carbonyl (C=O) groups excluding carboxylic acids is 3. The van der Waals surface area contributed by atoms with Gasteiger partial charge in [0, 0.05) is 19.3 Å². The molecule has 6 nitrogen and oxygen atoms in total. The lowest BCUT2D eigenvalue weighted by Crippen LogP contribution is -2.30. The van der Waals surface area contributed by atoms with Crippen LogP contribution in [0.3, 0.4) is 0 Å². The van der Waals surface area contributed by atoms with Gasteiger partial charge in [-0.2, -0.15) is 0 Å². The molecule has 0 aromatic heterocycles. The molecule has 0 saturated carbocycles. The minimum Gasteiger partial charge on any atom is -0.462 e. The minimum absolute atomic E-state index is 0.105. The van der Waals surface area contributed by atoms with E-state index in [1.165, 1.54) is 148 Å². The molecule has 0 heterocycles. The molecule has 0 aliphatic carbocycles. The number of carbonyl (C=O) groups is 3. The van der Waals surface area contributed by atoms with Crippen LogP contribution in [-0.4, -0.2) is 37.2 Å². The molecule has 0 amide bonds. The number of esters is 3. The monoisotopic (exact) mass is 1110 g/mol. The summed E-state index contributed by atoms with van der Waals surface area (Å²) in [6.07, 6.45) is 93.9. The Balaban J connectivity index is 4.20. The van der Waals surface area contributed by atoms with E-state index in [9.17, 15) is 14.4 Å². The van der Waals surface area contributed by atoms with Crippen LogP contribution in [0.2, 0.25) is 0 Å². The molecule has 0 radical (unpaired) electrons. The van der Waals surface area contributed by atoms with Gasteiger partial charge in [-0.3, -0.25) is 14.4 Å². The molecule has 0 saturated heterocycles. The van der Waals surface area contributed by atoms with Crippen molar-refractivity contribution in [3.63, 3.8) is 0 Å². The van der Waals surface area contributed by atoms with Crippen LogP contribution in [0.15, 0.2) is 122 Å². The zero-order valence-electron chi connectivity index (χ0n) is 52.3. The molecule has 0 aromatic rings. The van der Waals surface area contributed by atoms with Gasteiger partial charge in [-0.15, -0.1) is 0 Å². The quantitative estimate of drug-likeness (QED) is 0.0261. The molecule has 0 spiro atoms. The summed E-state index contributed by atoms with van der Waals surface area (Å²) in [6.45, 7) is 6.34. The first-order chi connectivity index (χ1) is 39.5. The summed E-state index contributed by atoms with van der Waals surface area (Å²) in [5.41, 5.74) is 0. The van der Waals surface area contributed by atoms with Gasteiger partial charge in [-0.1, -0.05) is 296 Å². The normalized spacial score (nSPS) is 12.9. The average Bonchev–Trinajstić information content (AvgIpc) is 3.46. The highest BCUT2D eigenvalue weighted by molar-refractivity contribution is 5.71. The molecular weight excluding hydrogens is 985 g/mol. The van der Waals surface area contributed by atoms with Gasteiger partial charge in [0.25, 0.3) is 0 Å². The van der Waals surface area contributed by atoms with Gasteiger partial charge >= 0.3 is 17.9 Å². The van der Waals surface area contributed by atoms with Crippen LogP contribution >= 0.6 is 0 Å². The summed E-state index contributed by atoms with van der Waals surface area (Å²) in [5.74, 6) is -0.996. The maximum absolute atomic E-state index is 12.9. The summed E-state index contributed by atoms with van der Waals surface area (Å²) < 4.78 is 16.8. The van der Waals surface area contributed by atoms with Crippen LogP contribution in [0, 0.1) is 0 Å². The Morgan fingerprint density at radius 3 is 0.838 bits per heavy atom. The van der Waals surface area contributed by atoms with Crippen molar-refractivity contribution in [2.45, 2.75) is 316 Å². The van der Waals surface area contributed by atoms with Gasteiger partial charge in [0.1, 0.15) is 13.2 Å². The number of rotatable bonds is 60. The first kappa shape index (κ1) is 75.8. The first-order valence-corrected chi connectivity index (χ1v) is 33.5. The fraction of sp³-hybridized carbons (Fsp3) is 0.689. The third-order valence-corrected chi connectivity index (χ3v) is 14.2. The van der Waals surface area contributed by atoms with E-state index >= 15 is 0 Å². The van der Waals surface area contributed by atoms with E-state index in [1.54, 1.807) is 0 Å². The molecule has 0 bridgehead atoms. The molecule has 0 aliphatic rings. The van der Waals surface area contributed by atoms with Crippen molar-refractivity contribution >= 4 is 17.9 Å². The maximum Gasteiger partial charge on any atom is 0.306 e. The van der Waals surface area contributed by atoms with Crippen LogP contribution < -0.4 is 0 Å². The lowest BCUT2D eigenvalue weighted by molar-refractivity contribution is -0.166. The standard InChI is InChI=1S/C74H124O6/c1-4-7-10-13-16-19-22-25-27-29-30-31-32-33-34-35-36-37-38-39-40-41-42-43-44-45-47-49-52-55-58-61-64-67-73(76)79-70-71(69-78-72(75)66-63-60-57-54-51-48-24-21-18-15-12-9-6-3)80-74(77)68-65-62-59-56-53-50-46-28-26-23-20-17-14-11-8-5-2/h7,9-10,12,16,18-21,23,25,27-28,30-31,46,48,51,57,60,71H,4-6,8,11,13-15,17,22,24,26,29,32-45,47,49-50,52-56,58-59,61-70H2,1-3H3/b10-7-,12-9-,19-16-,21-18-,23-20-,27-25-,31-30-,46-28-,51-48-,60-57-. The third kappa shape index (κ3) is 64.6. The number of hydrogen-bond acceptors (Lipinski definition) is 6. The first-order valence-electron chi connectivity index (χ1n) is 33.5. The van der Waals surface area contributed by atoms with Crippen molar-refractivity contribution in [2.75, 3.05) is 13.2 Å². The maximum atomic E-state index is 12.9. The zero-order valence-corrected chi connectivity index (χ0v) is 52.3. The summed E-state index contributed by atoms with van der Waals surface area (Å²) in [6, 6.07) is 0. The highest BCUT2D eigenvalue weighted by Gasteiger charge is 2.19. The predicted octanol–water partition coefficient (Wildman–Crippen LogP) is 23.2. The van der Waals surface area contributed by atoms with Crippen LogP contribution in [0.25, 0.3) is 0 Å². The summed E-state index contributed by atoms with van der Waals surface area (Å²) in [4.78, 5) is 38.2. The van der Waals surface area contributed by atoms with E-state index in [2.05, 4.69) is 136 Å². The van der Waals surface area contributed by atoms with Gasteiger partial charge in [0.05, 0.1) is 0 Å². The minimum atomic E-state index is -0.816. The fourth-order valence-electron chi connectivity index (χ4n) is 9.24. The second-order valence-electron chi connectivity index (χ2n) is 22.0. The zero-order chi connectivity index (χ0) is 57.8. The summed E-state index contributed by atoms with van der Waals surface area (Å²) in [7, 11) is 0. The molecule has 0 aromatic carbocycles. The number of allylic oxidation sites excluding steroid dienone is 20. The highest BCUT2D eigenvalue weighted by atomic mass is 16.6. The van der Waals surface area contributed by atoms with Crippen molar-refractivity contribution in [1.29, 1.82) is 0 Å². The number of ether oxygens (including phenoxy) is 3. The van der Waals surface area contributed by atoms with E-state index < -0.39 is 6.10 Å². The molecular formula is C74H124O6.